The van der Waals surface area contributed by atoms with Gasteiger partial charge in [0.05, 0.1) is 0 Å². The molecule has 2 amide bonds. The maximum absolute atomic E-state index is 11.4. The van der Waals surface area contributed by atoms with Crippen LogP contribution in [0.15, 0.2) is 0 Å². The molecule has 0 aromatic carbocycles. The molecule has 1 aliphatic heterocycles. The third-order valence-electron chi connectivity index (χ3n) is 2.37. The molecule has 0 aromatic rings. The van der Waals surface area contributed by atoms with Gasteiger partial charge in [-0.25, -0.2) is 0 Å². The fourth-order valence-corrected chi connectivity index (χ4v) is 1.50. The van der Waals surface area contributed by atoms with Crippen molar-refractivity contribution in [3.8, 4) is 0 Å². The van der Waals surface area contributed by atoms with Crippen molar-refractivity contribution in [3.05, 3.63) is 0 Å². The lowest BCUT2D eigenvalue weighted by atomic mass is 10.2. The van der Waals surface area contributed by atoms with E-state index in [1.165, 1.54) is 0 Å². The number of piperazine rings is 1. The van der Waals surface area contributed by atoms with Crippen LogP contribution in [0.2, 0.25) is 0 Å². The third-order valence-corrected chi connectivity index (χ3v) is 2.37. The van der Waals surface area contributed by atoms with E-state index in [2.05, 4.69) is 10.6 Å². The SMILES string of the molecule is CNCCCN1C(=O)C(=O)NCC1C. The molecular weight excluding hydrogens is 182 g/mol. The van der Waals surface area contributed by atoms with E-state index in [4.69, 9.17) is 0 Å². The lowest BCUT2D eigenvalue weighted by Crippen LogP contribution is -2.57. The van der Waals surface area contributed by atoms with Crippen molar-refractivity contribution in [1.82, 2.24) is 15.5 Å². The number of nitrogens with zero attached hydrogens (tertiary/aromatic N) is 1. The first-order valence-electron chi connectivity index (χ1n) is 4.90. The zero-order chi connectivity index (χ0) is 10.6. The Morgan fingerprint density at radius 3 is 2.93 bits per heavy atom. The van der Waals surface area contributed by atoms with E-state index >= 15 is 0 Å². The number of hydrogen-bond acceptors (Lipinski definition) is 3. The number of nitrogens with one attached hydrogen (secondary N) is 2. The maximum Gasteiger partial charge on any atom is 0.312 e. The lowest BCUT2D eigenvalue weighted by molar-refractivity contribution is -0.150. The Morgan fingerprint density at radius 1 is 1.57 bits per heavy atom. The van der Waals surface area contributed by atoms with Gasteiger partial charge < -0.3 is 15.5 Å². The number of amides is 2. The van der Waals surface area contributed by atoms with E-state index in [0.29, 0.717) is 13.1 Å². The molecule has 1 atom stereocenters. The summed E-state index contributed by atoms with van der Waals surface area (Å²) in [5.41, 5.74) is 0. The van der Waals surface area contributed by atoms with Crippen molar-refractivity contribution in [2.45, 2.75) is 19.4 Å². The van der Waals surface area contributed by atoms with Gasteiger partial charge in [-0.1, -0.05) is 0 Å². The standard InChI is InChI=1S/C9H17N3O2/c1-7-6-11-8(13)9(14)12(7)5-3-4-10-2/h7,10H,3-6H2,1-2H3,(H,11,13). The minimum absolute atomic E-state index is 0.108. The van der Waals surface area contributed by atoms with Crippen molar-refractivity contribution in [3.63, 3.8) is 0 Å². The van der Waals surface area contributed by atoms with Crippen LogP contribution < -0.4 is 10.6 Å². The van der Waals surface area contributed by atoms with E-state index in [-0.39, 0.29) is 6.04 Å². The molecule has 5 heteroatoms. The van der Waals surface area contributed by atoms with Crippen molar-refractivity contribution < 1.29 is 9.59 Å². The molecule has 5 nitrogen and oxygen atoms in total. The Labute approximate surface area is 83.8 Å². The van der Waals surface area contributed by atoms with Gasteiger partial charge in [0.15, 0.2) is 0 Å². The first-order chi connectivity index (χ1) is 6.66. The van der Waals surface area contributed by atoms with E-state index in [1.807, 2.05) is 14.0 Å². The van der Waals surface area contributed by atoms with Gasteiger partial charge >= 0.3 is 11.8 Å². The Morgan fingerprint density at radius 2 is 2.29 bits per heavy atom. The number of carbonyl (C=O) groups is 2. The molecule has 0 spiro atoms. The molecule has 1 saturated heterocycles. The monoisotopic (exact) mass is 199 g/mol. The van der Waals surface area contributed by atoms with Crippen LogP contribution in [0.3, 0.4) is 0 Å². The highest BCUT2D eigenvalue weighted by molar-refractivity contribution is 6.35. The summed E-state index contributed by atoms with van der Waals surface area (Å²) in [4.78, 5) is 24.1. The van der Waals surface area contributed by atoms with E-state index in [9.17, 15) is 9.59 Å². The summed E-state index contributed by atoms with van der Waals surface area (Å²) in [5, 5.41) is 5.57. The Hall–Kier alpha value is -1.10. The molecule has 1 rings (SSSR count). The predicted molar refractivity (Wildman–Crippen MR) is 52.7 cm³/mol. The van der Waals surface area contributed by atoms with Gasteiger partial charge in [0.1, 0.15) is 0 Å². The normalized spacial score (nSPS) is 22.4. The summed E-state index contributed by atoms with van der Waals surface area (Å²) in [6.45, 7) is 4.01. The van der Waals surface area contributed by atoms with Gasteiger partial charge in [-0.05, 0) is 26.9 Å². The quantitative estimate of drug-likeness (QED) is 0.448. The summed E-state index contributed by atoms with van der Waals surface area (Å²) < 4.78 is 0. The van der Waals surface area contributed by atoms with Crippen LogP contribution in [0.25, 0.3) is 0 Å². The maximum atomic E-state index is 11.4. The van der Waals surface area contributed by atoms with Crippen molar-refractivity contribution in [2.24, 2.45) is 0 Å². The summed E-state index contributed by atoms with van der Waals surface area (Å²) >= 11 is 0. The molecule has 1 unspecified atom stereocenters. The minimum Gasteiger partial charge on any atom is -0.346 e. The van der Waals surface area contributed by atoms with Crippen molar-refractivity contribution >= 4 is 11.8 Å². The average molecular weight is 199 g/mol. The first-order valence-corrected chi connectivity index (χ1v) is 4.90. The third kappa shape index (κ3) is 2.45. The Kier molecular flexibility index (Phi) is 3.88. The van der Waals surface area contributed by atoms with Crippen LogP contribution in [0.4, 0.5) is 0 Å². The van der Waals surface area contributed by atoms with E-state index < -0.39 is 11.8 Å². The zero-order valence-electron chi connectivity index (χ0n) is 8.67. The van der Waals surface area contributed by atoms with Crippen molar-refractivity contribution in [2.75, 3.05) is 26.7 Å². The molecule has 14 heavy (non-hydrogen) atoms. The first kappa shape index (κ1) is 11.0. The minimum atomic E-state index is -0.479. The second kappa shape index (κ2) is 4.95. The van der Waals surface area contributed by atoms with Crippen molar-refractivity contribution in [1.29, 1.82) is 0 Å². The van der Waals surface area contributed by atoms with Gasteiger partial charge in [-0.15, -0.1) is 0 Å². The molecule has 0 bridgehead atoms. The van der Waals surface area contributed by atoms with Gasteiger partial charge in [0.2, 0.25) is 0 Å². The summed E-state index contributed by atoms with van der Waals surface area (Å²) in [6, 6.07) is 0.108. The van der Waals surface area contributed by atoms with Crippen LogP contribution in [0.5, 0.6) is 0 Å². The highest BCUT2D eigenvalue weighted by Crippen LogP contribution is 2.04. The topological polar surface area (TPSA) is 61.4 Å². The molecule has 1 fully saturated rings. The summed E-state index contributed by atoms with van der Waals surface area (Å²) in [6.07, 6.45) is 0.875. The fourth-order valence-electron chi connectivity index (χ4n) is 1.50. The Bertz CT molecular complexity index is 230. The highest BCUT2D eigenvalue weighted by Gasteiger charge is 2.30. The molecule has 0 aliphatic carbocycles. The molecule has 1 aliphatic rings. The molecule has 0 saturated carbocycles. The zero-order valence-corrected chi connectivity index (χ0v) is 8.67. The van der Waals surface area contributed by atoms with Gasteiger partial charge in [0, 0.05) is 19.1 Å². The molecule has 1 heterocycles. The fraction of sp³-hybridized carbons (Fsp3) is 0.778. The molecule has 80 valence electrons. The molecule has 2 N–H and O–H groups in total. The molecule has 0 radical (unpaired) electrons. The average Bonchev–Trinajstić information content (AvgIpc) is 2.18. The largest absolute Gasteiger partial charge is 0.346 e. The summed E-state index contributed by atoms with van der Waals surface area (Å²) in [7, 11) is 1.87. The molecular formula is C9H17N3O2. The van der Waals surface area contributed by atoms with Gasteiger partial charge in [-0.2, -0.15) is 0 Å². The second-order valence-corrected chi connectivity index (χ2v) is 3.51. The smallest absolute Gasteiger partial charge is 0.312 e. The predicted octanol–water partition coefficient (Wildman–Crippen LogP) is -1.06. The van der Waals surface area contributed by atoms with Gasteiger partial charge in [-0.3, -0.25) is 9.59 Å². The van der Waals surface area contributed by atoms with Crippen LogP contribution in [0, 0.1) is 0 Å². The Balaban J connectivity index is 2.46. The number of carbonyl (C=O) groups excluding carboxylic acids is 2. The van der Waals surface area contributed by atoms with Crippen LogP contribution in [-0.2, 0) is 9.59 Å². The van der Waals surface area contributed by atoms with Crippen LogP contribution >= 0.6 is 0 Å². The van der Waals surface area contributed by atoms with E-state index in [1.54, 1.807) is 4.90 Å². The summed E-state index contributed by atoms with van der Waals surface area (Å²) in [5.74, 6) is -0.882. The second-order valence-electron chi connectivity index (χ2n) is 3.51. The van der Waals surface area contributed by atoms with Gasteiger partial charge in [0.25, 0.3) is 0 Å². The number of hydrogen-bond donors (Lipinski definition) is 2. The van der Waals surface area contributed by atoms with Crippen LogP contribution in [0.1, 0.15) is 13.3 Å². The highest BCUT2D eigenvalue weighted by atomic mass is 16.2. The number of rotatable bonds is 4. The van der Waals surface area contributed by atoms with E-state index in [0.717, 1.165) is 13.0 Å². The van der Waals surface area contributed by atoms with Crippen LogP contribution in [-0.4, -0.2) is 49.4 Å². The molecule has 0 aromatic heterocycles. The lowest BCUT2D eigenvalue weighted by Gasteiger charge is -2.32.